The molecular weight excluding hydrogens is 424 g/mol. The summed E-state index contributed by atoms with van der Waals surface area (Å²) in [5.74, 6) is -0.0580. The number of piperazine rings is 1. The van der Waals surface area contributed by atoms with Crippen LogP contribution >= 0.6 is 0 Å². The highest BCUT2D eigenvalue weighted by atomic mass is 16.2. The Bertz CT molecular complexity index is 1330. The van der Waals surface area contributed by atoms with Gasteiger partial charge in [0.15, 0.2) is 0 Å². The number of benzene rings is 1. The molecule has 0 radical (unpaired) electrons. The number of fused-ring (bicyclic) bond motifs is 1. The van der Waals surface area contributed by atoms with Crippen molar-refractivity contribution in [1.29, 1.82) is 0 Å². The van der Waals surface area contributed by atoms with E-state index in [1.54, 1.807) is 25.2 Å². The number of aromatic nitrogens is 3. The average Bonchev–Trinajstić information content (AvgIpc) is 3.27. The highest BCUT2D eigenvalue weighted by Gasteiger charge is 2.17. The van der Waals surface area contributed by atoms with Gasteiger partial charge in [-0.3, -0.25) is 9.78 Å². The van der Waals surface area contributed by atoms with Crippen LogP contribution in [0.2, 0.25) is 0 Å². The molecule has 1 fully saturated rings. The molecule has 1 aliphatic heterocycles. The molecule has 7 heteroatoms. The third kappa shape index (κ3) is 4.15. The molecule has 0 bridgehead atoms. The summed E-state index contributed by atoms with van der Waals surface area (Å²) in [5.41, 5.74) is 7.98. The van der Waals surface area contributed by atoms with Gasteiger partial charge < -0.3 is 19.7 Å². The van der Waals surface area contributed by atoms with E-state index in [2.05, 4.69) is 63.0 Å². The van der Waals surface area contributed by atoms with E-state index in [0.29, 0.717) is 5.56 Å². The number of carbonyl (C=O) groups excluding carboxylic acids is 1. The van der Waals surface area contributed by atoms with Crippen molar-refractivity contribution in [2.75, 3.05) is 52.2 Å². The van der Waals surface area contributed by atoms with Crippen LogP contribution in [0.5, 0.6) is 0 Å². The maximum Gasteiger partial charge on any atom is 0.254 e. The molecule has 4 heterocycles. The summed E-state index contributed by atoms with van der Waals surface area (Å²) in [6.45, 7) is 6.49. The maximum atomic E-state index is 12.2. The Morgan fingerprint density at radius 2 is 1.76 bits per heavy atom. The molecule has 1 saturated heterocycles. The number of hydrogen-bond donors (Lipinski definition) is 1. The van der Waals surface area contributed by atoms with Gasteiger partial charge in [-0.15, -0.1) is 0 Å². The van der Waals surface area contributed by atoms with E-state index in [0.717, 1.165) is 59.6 Å². The van der Waals surface area contributed by atoms with Crippen molar-refractivity contribution >= 4 is 22.6 Å². The van der Waals surface area contributed by atoms with Crippen LogP contribution < -0.4 is 4.90 Å². The third-order valence-corrected chi connectivity index (χ3v) is 6.60. The lowest BCUT2D eigenvalue weighted by atomic mass is 10.0. The molecule has 34 heavy (non-hydrogen) atoms. The minimum atomic E-state index is -0.0580. The number of pyridine rings is 2. The molecule has 0 atom stereocenters. The van der Waals surface area contributed by atoms with E-state index in [4.69, 9.17) is 0 Å². The van der Waals surface area contributed by atoms with E-state index in [1.807, 2.05) is 24.5 Å². The molecule has 7 nitrogen and oxygen atoms in total. The number of nitrogens with zero attached hydrogens (tertiary/aromatic N) is 5. The quantitative estimate of drug-likeness (QED) is 0.504. The Hall–Kier alpha value is -3.71. The Kier molecular flexibility index (Phi) is 5.79. The first-order valence-corrected chi connectivity index (χ1v) is 11.6. The number of amides is 1. The van der Waals surface area contributed by atoms with Gasteiger partial charge in [-0.1, -0.05) is 6.07 Å². The van der Waals surface area contributed by atoms with Crippen LogP contribution in [0.1, 0.15) is 15.9 Å². The normalized spacial score (nSPS) is 14.5. The van der Waals surface area contributed by atoms with E-state index in [9.17, 15) is 4.79 Å². The molecule has 1 aromatic carbocycles. The number of nitrogens with one attached hydrogen (secondary N) is 1. The number of aryl methyl sites for hydroxylation is 1. The second-order valence-electron chi connectivity index (χ2n) is 9.25. The van der Waals surface area contributed by atoms with Crippen LogP contribution in [0.25, 0.3) is 33.4 Å². The zero-order chi connectivity index (χ0) is 23.8. The maximum absolute atomic E-state index is 12.2. The third-order valence-electron chi connectivity index (χ3n) is 6.60. The zero-order valence-corrected chi connectivity index (χ0v) is 20.2. The van der Waals surface area contributed by atoms with E-state index < -0.39 is 0 Å². The summed E-state index contributed by atoms with van der Waals surface area (Å²) >= 11 is 0. The van der Waals surface area contributed by atoms with Crippen molar-refractivity contribution in [3.8, 4) is 22.4 Å². The average molecular weight is 455 g/mol. The Morgan fingerprint density at radius 1 is 0.971 bits per heavy atom. The first kappa shape index (κ1) is 22.1. The number of H-pyrrole nitrogens is 1. The molecule has 0 spiro atoms. The highest BCUT2D eigenvalue weighted by Crippen LogP contribution is 2.32. The first-order valence-electron chi connectivity index (χ1n) is 11.6. The van der Waals surface area contributed by atoms with Crippen LogP contribution in [0, 0.1) is 6.92 Å². The van der Waals surface area contributed by atoms with Crippen molar-refractivity contribution < 1.29 is 4.79 Å². The molecule has 1 aliphatic rings. The van der Waals surface area contributed by atoms with Crippen molar-refractivity contribution in [2.45, 2.75) is 6.92 Å². The number of carbonyl (C=O) groups is 1. The Morgan fingerprint density at radius 3 is 2.44 bits per heavy atom. The summed E-state index contributed by atoms with van der Waals surface area (Å²) < 4.78 is 0. The number of hydrogen-bond acceptors (Lipinski definition) is 5. The smallest absolute Gasteiger partial charge is 0.254 e. The first-order chi connectivity index (χ1) is 16.4. The molecule has 3 aromatic heterocycles. The molecule has 0 aliphatic carbocycles. The SMILES string of the molecule is Cc1cc(-c2cnc3[nH]cc(-c4ccc(C(=O)N(C)C)cn4)c3c2)ccc1N1CCN(C)CC1. The van der Waals surface area contributed by atoms with Gasteiger partial charge in [0, 0.05) is 81.1 Å². The largest absolute Gasteiger partial charge is 0.369 e. The van der Waals surface area contributed by atoms with Gasteiger partial charge in [0.25, 0.3) is 5.91 Å². The van der Waals surface area contributed by atoms with Crippen molar-refractivity contribution in [1.82, 2.24) is 24.8 Å². The highest BCUT2D eigenvalue weighted by molar-refractivity contribution is 5.96. The van der Waals surface area contributed by atoms with Crippen LogP contribution in [0.4, 0.5) is 5.69 Å². The fourth-order valence-electron chi connectivity index (χ4n) is 4.55. The number of anilines is 1. The van der Waals surface area contributed by atoms with Crippen molar-refractivity contribution in [3.63, 3.8) is 0 Å². The summed E-state index contributed by atoms with van der Waals surface area (Å²) in [7, 11) is 5.66. The number of rotatable bonds is 4. The van der Waals surface area contributed by atoms with Gasteiger partial charge >= 0.3 is 0 Å². The summed E-state index contributed by atoms with van der Waals surface area (Å²) in [6, 6.07) is 12.6. The zero-order valence-electron chi connectivity index (χ0n) is 20.2. The fraction of sp³-hybridized carbons (Fsp3) is 0.296. The van der Waals surface area contributed by atoms with Gasteiger partial charge in [-0.25, -0.2) is 4.98 Å². The topological polar surface area (TPSA) is 68.4 Å². The second kappa shape index (κ2) is 8.91. The van der Waals surface area contributed by atoms with Crippen LogP contribution in [-0.2, 0) is 0 Å². The van der Waals surface area contributed by atoms with Gasteiger partial charge in [0.1, 0.15) is 5.65 Å². The molecule has 0 unspecified atom stereocenters. The monoisotopic (exact) mass is 454 g/mol. The summed E-state index contributed by atoms with van der Waals surface area (Å²) in [5, 5.41) is 1.01. The van der Waals surface area contributed by atoms with Gasteiger partial charge in [-0.05, 0) is 55.4 Å². The fourth-order valence-corrected chi connectivity index (χ4v) is 4.55. The number of aromatic amines is 1. The summed E-state index contributed by atoms with van der Waals surface area (Å²) in [6.07, 6.45) is 5.48. The van der Waals surface area contributed by atoms with Crippen LogP contribution in [0.3, 0.4) is 0 Å². The molecule has 0 saturated carbocycles. The van der Waals surface area contributed by atoms with E-state index >= 15 is 0 Å². The molecule has 4 aromatic rings. The second-order valence-corrected chi connectivity index (χ2v) is 9.25. The summed E-state index contributed by atoms with van der Waals surface area (Å²) in [4.78, 5) is 31.1. The standard InChI is InChI=1S/C27H30N6O/c1-18-13-19(6-8-25(18)33-11-9-32(4)10-12-33)21-14-22-23(17-30-26(22)29-16-21)24-7-5-20(15-28-24)27(34)31(2)3/h5-8,13-17H,9-12H2,1-4H3,(H,29,30). The predicted molar refractivity (Wildman–Crippen MR) is 137 cm³/mol. The van der Waals surface area contributed by atoms with Crippen molar-refractivity contribution in [3.05, 3.63) is 66.1 Å². The minimum absolute atomic E-state index is 0.0580. The number of likely N-dealkylation sites (N-methyl/N-ethyl adjacent to an activating group) is 1. The molecule has 5 rings (SSSR count). The van der Waals surface area contributed by atoms with Gasteiger partial charge in [0.05, 0.1) is 11.3 Å². The van der Waals surface area contributed by atoms with Crippen LogP contribution in [0.15, 0.2) is 55.0 Å². The predicted octanol–water partition coefficient (Wildman–Crippen LogP) is 4.05. The van der Waals surface area contributed by atoms with Gasteiger partial charge in [0.2, 0.25) is 0 Å². The Balaban J connectivity index is 1.45. The van der Waals surface area contributed by atoms with Gasteiger partial charge in [-0.2, -0.15) is 0 Å². The van der Waals surface area contributed by atoms with Crippen LogP contribution in [-0.4, -0.2) is 78.0 Å². The van der Waals surface area contributed by atoms with Crippen molar-refractivity contribution in [2.24, 2.45) is 0 Å². The minimum Gasteiger partial charge on any atom is -0.369 e. The Labute approximate surface area is 200 Å². The molecule has 1 N–H and O–H groups in total. The van der Waals surface area contributed by atoms with E-state index in [-0.39, 0.29) is 5.91 Å². The molecular formula is C27H30N6O. The van der Waals surface area contributed by atoms with E-state index in [1.165, 1.54) is 11.3 Å². The lowest BCUT2D eigenvalue weighted by molar-refractivity contribution is 0.0827. The lowest BCUT2D eigenvalue weighted by Crippen LogP contribution is -2.44. The molecule has 1 amide bonds. The molecule has 174 valence electrons. The lowest BCUT2D eigenvalue weighted by Gasteiger charge is -2.35.